The van der Waals surface area contributed by atoms with Crippen LogP contribution in [-0.2, 0) is 0 Å². The molecule has 0 radical (unpaired) electrons. The van der Waals surface area contributed by atoms with E-state index in [1.807, 2.05) is 11.8 Å². The Balaban J connectivity index is 2.20. The Kier molecular flexibility index (Phi) is 3.35. The van der Waals surface area contributed by atoms with E-state index in [1.165, 1.54) is 26.5 Å². The molecule has 0 nitrogen and oxygen atoms in total. The molecule has 2 aromatic rings. The largest absolute Gasteiger partial charge is 0.0901 e. The van der Waals surface area contributed by atoms with Crippen LogP contribution >= 0.6 is 11.8 Å². The lowest BCUT2D eigenvalue weighted by molar-refractivity contribution is 1.27. The van der Waals surface area contributed by atoms with Crippen molar-refractivity contribution in [1.82, 2.24) is 0 Å². The second-order valence-corrected chi connectivity index (χ2v) is 5.31. The molecule has 0 amide bonds. The van der Waals surface area contributed by atoms with Crippen molar-refractivity contribution in [2.45, 2.75) is 30.6 Å². The lowest BCUT2D eigenvalue weighted by Crippen LogP contribution is -1.81. The summed E-state index contributed by atoms with van der Waals surface area (Å²) in [4.78, 5) is 2.61. The van der Waals surface area contributed by atoms with Crippen LogP contribution < -0.4 is 0 Å². The third-order valence-electron chi connectivity index (χ3n) is 2.74. The van der Waals surface area contributed by atoms with E-state index in [1.54, 1.807) is 0 Å². The van der Waals surface area contributed by atoms with Crippen molar-refractivity contribution in [3.63, 3.8) is 0 Å². The van der Waals surface area contributed by atoms with Gasteiger partial charge in [0, 0.05) is 9.79 Å². The maximum Gasteiger partial charge on any atom is 0.0125 e. The second-order valence-electron chi connectivity index (χ2n) is 4.16. The quantitative estimate of drug-likeness (QED) is 0.714. The highest BCUT2D eigenvalue weighted by atomic mass is 32.2. The summed E-state index contributed by atoms with van der Waals surface area (Å²) in [7, 11) is 0. The lowest BCUT2D eigenvalue weighted by Gasteiger charge is -2.05. The van der Waals surface area contributed by atoms with E-state index in [0.717, 1.165) is 0 Å². The molecule has 16 heavy (non-hydrogen) atoms. The van der Waals surface area contributed by atoms with Crippen molar-refractivity contribution in [2.75, 3.05) is 0 Å². The zero-order valence-corrected chi connectivity index (χ0v) is 10.8. The van der Waals surface area contributed by atoms with Crippen molar-refractivity contribution in [1.29, 1.82) is 0 Å². The molecule has 0 saturated heterocycles. The number of hydrogen-bond acceptors (Lipinski definition) is 1. The van der Waals surface area contributed by atoms with E-state index in [2.05, 4.69) is 63.2 Å². The monoisotopic (exact) mass is 228 g/mol. The molecular formula is C15H16S. The minimum Gasteiger partial charge on any atom is -0.0901 e. The van der Waals surface area contributed by atoms with Crippen LogP contribution in [0.15, 0.2) is 52.3 Å². The molecule has 82 valence electrons. The van der Waals surface area contributed by atoms with Crippen molar-refractivity contribution in [2.24, 2.45) is 0 Å². The molecule has 0 atom stereocenters. The van der Waals surface area contributed by atoms with Crippen LogP contribution in [0.5, 0.6) is 0 Å². The standard InChI is InChI=1S/C15H16S/c1-11-4-7-14(8-5-11)16-15-9-6-12(2)13(3)10-15/h4-10H,1-3H3. The molecule has 0 N–H and O–H groups in total. The van der Waals surface area contributed by atoms with Crippen LogP contribution in [-0.4, -0.2) is 0 Å². The van der Waals surface area contributed by atoms with E-state index in [-0.39, 0.29) is 0 Å². The van der Waals surface area contributed by atoms with Crippen LogP contribution in [0.3, 0.4) is 0 Å². The van der Waals surface area contributed by atoms with Gasteiger partial charge in [0.15, 0.2) is 0 Å². The van der Waals surface area contributed by atoms with Crippen LogP contribution in [0.2, 0.25) is 0 Å². The van der Waals surface area contributed by atoms with Gasteiger partial charge in [-0.15, -0.1) is 0 Å². The first-order valence-electron chi connectivity index (χ1n) is 5.47. The van der Waals surface area contributed by atoms with Crippen LogP contribution in [0.1, 0.15) is 16.7 Å². The number of aryl methyl sites for hydroxylation is 3. The molecule has 2 rings (SSSR count). The molecule has 0 spiro atoms. The summed E-state index contributed by atoms with van der Waals surface area (Å²) in [6.07, 6.45) is 0. The van der Waals surface area contributed by atoms with Crippen molar-refractivity contribution >= 4 is 11.8 Å². The van der Waals surface area contributed by atoms with Gasteiger partial charge < -0.3 is 0 Å². The van der Waals surface area contributed by atoms with Crippen molar-refractivity contribution in [3.05, 3.63) is 59.2 Å². The van der Waals surface area contributed by atoms with Gasteiger partial charge >= 0.3 is 0 Å². The van der Waals surface area contributed by atoms with Gasteiger partial charge in [0.2, 0.25) is 0 Å². The Bertz CT molecular complexity index is 483. The third-order valence-corrected chi connectivity index (χ3v) is 3.73. The second kappa shape index (κ2) is 4.75. The summed E-state index contributed by atoms with van der Waals surface area (Å²) in [5.74, 6) is 0. The maximum absolute atomic E-state index is 2.25. The molecule has 0 heterocycles. The smallest absolute Gasteiger partial charge is 0.0125 e. The first-order chi connectivity index (χ1) is 7.65. The summed E-state index contributed by atoms with van der Waals surface area (Å²) in [6.45, 7) is 6.43. The van der Waals surface area contributed by atoms with Gasteiger partial charge in [0.25, 0.3) is 0 Å². The van der Waals surface area contributed by atoms with Gasteiger partial charge in [-0.3, -0.25) is 0 Å². The Labute approximate surface area is 102 Å². The molecule has 0 aliphatic rings. The molecule has 0 saturated carbocycles. The first-order valence-corrected chi connectivity index (χ1v) is 6.28. The number of benzene rings is 2. The van der Waals surface area contributed by atoms with Gasteiger partial charge in [0.1, 0.15) is 0 Å². The van der Waals surface area contributed by atoms with Crippen LogP contribution in [0, 0.1) is 20.8 Å². The van der Waals surface area contributed by atoms with Gasteiger partial charge in [-0.2, -0.15) is 0 Å². The summed E-state index contributed by atoms with van der Waals surface area (Å²) >= 11 is 1.82. The van der Waals surface area contributed by atoms with Gasteiger partial charge in [-0.1, -0.05) is 35.5 Å². The average Bonchev–Trinajstić information content (AvgIpc) is 2.27. The Hall–Kier alpha value is -1.21. The third kappa shape index (κ3) is 2.67. The lowest BCUT2D eigenvalue weighted by atomic mass is 10.1. The molecule has 0 aliphatic carbocycles. The summed E-state index contributed by atoms with van der Waals surface area (Å²) in [5, 5.41) is 0. The molecule has 1 heteroatoms. The zero-order chi connectivity index (χ0) is 11.5. The van der Waals surface area contributed by atoms with Crippen molar-refractivity contribution in [3.8, 4) is 0 Å². The first kappa shape index (κ1) is 11.3. The predicted octanol–water partition coefficient (Wildman–Crippen LogP) is 4.76. The molecule has 0 bridgehead atoms. The molecule has 0 aliphatic heterocycles. The summed E-state index contributed by atoms with van der Waals surface area (Å²) in [6, 6.07) is 15.3. The van der Waals surface area contributed by atoms with E-state index < -0.39 is 0 Å². The Morgan fingerprint density at radius 1 is 0.688 bits per heavy atom. The predicted molar refractivity (Wildman–Crippen MR) is 71.2 cm³/mol. The topological polar surface area (TPSA) is 0 Å². The van der Waals surface area contributed by atoms with E-state index in [0.29, 0.717) is 0 Å². The molecule has 0 aromatic heterocycles. The highest BCUT2D eigenvalue weighted by Gasteiger charge is 1.99. The summed E-state index contributed by atoms with van der Waals surface area (Å²) < 4.78 is 0. The molecular weight excluding hydrogens is 212 g/mol. The Morgan fingerprint density at radius 3 is 1.94 bits per heavy atom. The highest BCUT2D eigenvalue weighted by molar-refractivity contribution is 7.99. The van der Waals surface area contributed by atoms with Gasteiger partial charge in [-0.05, 0) is 56.2 Å². The van der Waals surface area contributed by atoms with E-state index in [4.69, 9.17) is 0 Å². The fraction of sp³-hybridized carbons (Fsp3) is 0.200. The Morgan fingerprint density at radius 2 is 1.31 bits per heavy atom. The molecule has 2 aromatic carbocycles. The van der Waals surface area contributed by atoms with Crippen LogP contribution in [0.25, 0.3) is 0 Å². The molecule has 0 fully saturated rings. The summed E-state index contributed by atoms with van der Waals surface area (Å²) in [5.41, 5.74) is 4.02. The SMILES string of the molecule is Cc1ccc(Sc2ccc(C)c(C)c2)cc1. The maximum atomic E-state index is 2.25. The minimum absolute atomic E-state index is 1.30. The molecule has 0 unspecified atom stereocenters. The number of hydrogen-bond donors (Lipinski definition) is 0. The normalized spacial score (nSPS) is 10.4. The number of rotatable bonds is 2. The van der Waals surface area contributed by atoms with Crippen LogP contribution in [0.4, 0.5) is 0 Å². The average molecular weight is 228 g/mol. The highest BCUT2D eigenvalue weighted by Crippen LogP contribution is 2.28. The van der Waals surface area contributed by atoms with Gasteiger partial charge in [0.05, 0.1) is 0 Å². The zero-order valence-electron chi connectivity index (χ0n) is 9.95. The van der Waals surface area contributed by atoms with E-state index >= 15 is 0 Å². The minimum atomic E-state index is 1.30. The fourth-order valence-electron chi connectivity index (χ4n) is 1.52. The van der Waals surface area contributed by atoms with Crippen molar-refractivity contribution < 1.29 is 0 Å². The fourth-order valence-corrected chi connectivity index (χ4v) is 2.44. The van der Waals surface area contributed by atoms with E-state index in [9.17, 15) is 0 Å². The van der Waals surface area contributed by atoms with Gasteiger partial charge in [-0.25, -0.2) is 0 Å².